The van der Waals surface area contributed by atoms with E-state index in [1.54, 1.807) is 0 Å². The molecule has 1 aromatic carbocycles. The van der Waals surface area contributed by atoms with E-state index in [9.17, 15) is 9.59 Å². The normalized spacial score (nSPS) is 19.1. The van der Waals surface area contributed by atoms with Crippen LogP contribution in [0.25, 0.3) is 11.0 Å². The van der Waals surface area contributed by atoms with E-state index in [2.05, 4.69) is 20.2 Å². The molecule has 1 heterocycles. The zero-order valence-corrected chi connectivity index (χ0v) is 15.8. The average molecular weight is 373 g/mol. The van der Waals surface area contributed by atoms with Gasteiger partial charge in [-0.25, -0.2) is 9.78 Å². The number of urea groups is 1. The molecule has 0 spiro atoms. The Morgan fingerprint density at radius 3 is 2.78 bits per heavy atom. The lowest BCUT2D eigenvalue weighted by Crippen LogP contribution is -2.56. The first-order valence-electron chi connectivity index (χ1n) is 9.40. The van der Waals surface area contributed by atoms with Crippen LogP contribution in [0.15, 0.2) is 24.3 Å². The van der Waals surface area contributed by atoms with Crippen LogP contribution < -0.4 is 10.6 Å². The number of para-hydroxylation sites is 2. The number of carboxylic acids is 1. The molecule has 27 heavy (non-hydrogen) atoms. The van der Waals surface area contributed by atoms with E-state index >= 15 is 0 Å². The van der Waals surface area contributed by atoms with E-state index < -0.39 is 5.97 Å². The summed E-state index contributed by atoms with van der Waals surface area (Å²) in [5.74, 6) is 0.117. The Kier molecular flexibility index (Phi) is 5.95. The Labute approximate surface area is 158 Å². The first kappa shape index (κ1) is 19.2. The van der Waals surface area contributed by atoms with E-state index in [1.807, 2.05) is 43.0 Å². The molecule has 0 aliphatic heterocycles. The highest BCUT2D eigenvalue weighted by Crippen LogP contribution is 2.25. The molecule has 1 aromatic heterocycles. The molecular formula is C19H27N5O3. The Morgan fingerprint density at radius 1 is 1.33 bits per heavy atom. The number of aromatic nitrogens is 2. The van der Waals surface area contributed by atoms with E-state index in [0.717, 1.165) is 29.7 Å². The molecule has 146 valence electrons. The summed E-state index contributed by atoms with van der Waals surface area (Å²) in [4.78, 5) is 29.4. The summed E-state index contributed by atoms with van der Waals surface area (Å²) in [6.07, 6.45) is 1.58. The third-order valence-electron chi connectivity index (χ3n) is 5.18. The number of hydrogen-bond donors (Lipinski definition) is 3. The second kappa shape index (κ2) is 8.39. The van der Waals surface area contributed by atoms with Crippen molar-refractivity contribution in [3.63, 3.8) is 0 Å². The largest absolute Gasteiger partial charge is 0.480 e. The van der Waals surface area contributed by atoms with Gasteiger partial charge in [-0.3, -0.25) is 9.69 Å². The van der Waals surface area contributed by atoms with Crippen molar-refractivity contribution in [1.82, 2.24) is 25.1 Å². The molecule has 1 aliphatic carbocycles. The van der Waals surface area contributed by atoms with Crippen molar-refractivity contribution < 1.29 is 14.7 Å². The quantitative estimate of drug-likeness (QED) is 0.652. The summed E-state index contributed by atoms with van der Waals surface area (Å²) in [6.45, 7) is 5.86. The smallest absolute Gasteiger partial charge is 0.317 e. The zero-order valence-electron chi connectivity index (χ0n) is 15.8. The van der Waals surface area contributed by atoms with Gasteiger partial charge in [0, 0.05) is 25.2 Å². The lowest BCUT2D eigenvalue weighted by Gasteiger charge is -2.42. The fourth-order valence-corrected chi connectivity index (χ4v) is 3.67. The predicted molar refractivity (Wildman–Crippen MR) is 103 cm³/mol. The van der Waals surface area contributed by atoms with Crippen LogP contribution in [-0.2, 0) is 11.3 Å². The number of imidazole rings is 1. The molecule has 0 radical (unpaired) electrons. The molecule has 1 aliphatic rings. The number of benzene rings is 1. The fraction of sp³-hybridized carbons (Fsp3) is 0.526. The Hall–Kier alpha value is -2.61. The standard InChI is InChI=1S/C19H27N5O3/c1-3-23(12-18(25)26)15-10-14(11-15)22-19(27)20-8-9-24-13(2)21-16-6-4-5-7-17(16)24/h4-7,14-15H,3,8-12H2,1-2H3,(H,25,26)(H2,20,22,27). The lowest BCUT2D eigenvalue weighted by atomic mass is 9.85. The molecule has 2 aromatic rings. The third-order valence-corrected chi connectivity index (χ3v) is 5.18. The summed E-state index contributed by atoms with van der Waals surface area (Å²) in [5.41, 5.74) is 2.03. The summed E-state index contributed by atoms with van der Waals surface area (Å²) >= 11 is 0. The van der Waals surface area contributed by atoms with Crippen LogP contribution in [0.5, 0.6) is 0 Å². The summed E-state index contributed by atoms with van der Waals surface area (Å²) in [6, 6.07) is 8.12. The summed E-state index contributed by atoms with van der Waals surface area (Å²) in [5, 5.41) is 14.8. The topological polar surface area (TPSA) is 99.5 Å². The van der Waals surface area contributed by atoms with Gasteiger partial charge >= 0.3 is 12.0 Å². The van der Waals surface area contributed by atoms with E-state index in [-0.39, 0.29) is 24.7 Å². The molecule has 3 rings (SSSR count). The van der Waals surface area contributed by atoms with Crippen molar-refractivity contribution >= 4 is 23.0 Å². The minimum atomic E-state index is -0.812. The van der Waals surface area contributed by atoms with Gasteiger partial charge in [0.2, 0.25) is 0 Å². The number of nitrogens with zero attached hydrogens (tertiary/aromatic N) is 3. The summed E-state index contributed by atoms with van der Waals surface area (Å²) < 4.78 is 2.10. The molecular weight excluding hydrogens is 346 g/mol. The van der Waals surface area contributed by atoms with Gasteiger partial charge in [0.1, 0.15) is 5.82 Å². The van der Waals surface area contributed by atoms with Gasteiger partial charge in [0.15, 0.2) is 0 Å². The first-order valence-corrected chi connectivity index (χ1v) is 9.40. The SMILES string of the molecule is CCN(CC(=O)O)C1CC(NC(=O)NCCn2c(C)nc3ccccc32)C1. The van der Waals surface area contributed by atoms with E-state index in [1.165, 1.54) is 0 Å². The van der Waals surface area contributed by atoms with Crippen LogP contribution in [-0.4, -0.2) is 63.3 Å². The molecule has 3 N–H and O–H groups in total. The van der Waals surface area contributed by atoms with E-state index in [0.29, 0.717) is 19.6 Å². The maximum atomic E-state index is 12.1. The van der Waals surface area contributed by atoms with Crippen LogP contribution in [0.3, 0.4) is 0 Å². The molecule has 0 saturated heterocycles. The zero-order chi connectivity index (χ0) is 19.4. The molecule has 8 nitrogen and oxygen atoms in total. The number of hydrogen-bond acceptors (Lipinski definition) is 4. The van der Waals surface area contributed by atoms with Gasteiger partial charge in [-0.15, -0.1) is 0 Å². The number of carboxylic acid groups (broad SMARTS) is 1. The van der Waals surface area contributed by atoms with Crippen LogP contribution in [0, 0.1) is 6.92 Å². The number of aryl methyl sites for hydroxylation is 1. The van der Waals surface area contributed by atoms with Crippen molar-refractivity contribution in [3.8, 4) is 0 Å². The number of likely N-dealkylation sites (N-methyl/N-ethyl adjacent to an activating group) is 1. The highest BCUT2D eigenvalue weighted by Gasteiger charge is 2.34. The highest BCUT2D eigenvalue weighted by molar-refractivity contribution is 5.76. The van der Waals surface area contributed by atoms with Crippen molar-refractivity contribution in [2.45, 2.75) is 45.3 Å². The molecule has 1 saturated carbocycles. The molecule has 1 fully saturated rings. The molecule has 0 unspecified atom stereocenters. The minimum Gasteiger partial charge on any atom is -0.480 e. The Balaban J connectivity index is 1.41. The first-order chi connectivity index (χ1) is 13.0. The third kappa shape index (κ3) is 4.57. The molecule has 0 atom stereocenters. The predicted octanol–water partition coefficient (Wildman–Crippen LogP) is 1.58. The molecule has 0 bridgehead atoms. The van der Waals surface area contributed by atoms with Crippen LogP contribution >= 0.6 is 0 Å². The van der Waals surface area contributed by atoms with Crippen molar-refractivity contribution in [3.05, 3.63) is 30.1 Å². The van der Waals surface area contributed by atoms with Gasteiger partial charge in [-0.05, 0) is 38.4 Å². The van der Waals surface area contributed by atoms with Crippen LogP contribution in [0.2, 0.25) is 0 Å². The fourth-order valence-electron chi connectivity index (χ4n) is 3.67. The van der Waals surface area contributed by atoms with Gasteiger partial charge in [0.25, 0.3) is 0 Å². The van der Waals surface area contributed by atoms with Gasteiger partial charge in [-0.2, -0.15) is 0 Å². The van der Waals surface area contributed by atoms with Gasteiger partial charge in [0.05, 0.1) is 17.6 Å². The second-order valence-corrected chi connectivity index (χ2v) is 6.98. The number of nitrogens with one attached hydrogen (secondary N) is 2. The Morgan fingerprint density at radius 2 is 2.07 bits per heavy atom. The van der Waals surface area contributed by atoms with Gasteiger partial charge < -0.3 is 20.3 Å². The average Bonchev–Trinajstić information content (AvgIpc) is 2.91. The Bertz CT molecular complexity index is 813. The number of rotatable bonds is 8. The second-order valence-electron chi connectivity index (χ2n) is 6.98. The monoisotopic (exact) mass is 373 g/mol. The maximum absolute atomic E-state index is 12.1. The number of carbonyl (C=O) groups is 2. The molecule has 8 heteroatoms. The maximum Gasteiger partial charge on any atom is 0.317 e. The van der Waals surface area contributed by atoms with Crippen LogP contribution in [0.1, 0.15) is 25.6 Å². The number of aliphatic carboxylic acids is 1. The van der Waals surface area contributed by atoms with Crippen molar-refractivity contribution in [2.24, 2.45) is 0 Å². The van der Waals surface area contributed by atoms with Crippen molar-refractivity contribution in [2.75, 3.05) is 19.6 Å². The van der Waals surface area contributed by atoms with Gasteiger partial charge in [-0.1, -0.05) is 19.1 Å². The highest BCUT2D eigenvalue weighted by atomic mass is 16.4. The number of fused-ring (bicyclic) bond motifs is 1. The number of amides is 2. The summed E-state index contributed by atoms with van der Waals surface area (Å²) in [7, 11) is 0. The molecule has 2 amide bonds. The minimum absolute atomic E-state index is 0.0539. The number of carbonyl (C=O) groups excluding carboxylic acids is 1. The van der Waals surface area contributed by atoms with Crippen LogP contribution in [0.4, 0.5) is 4.79 Å². The van der Waals surface area contributed by atoms with E-state index in [4.69, 9.17) is 5.11 Å². The van der Waals surface area contributed by atoms with Crippen molar-refractivity contribution in [1.29, 1.82) is 0 Å². The lowest BCUT2D eigenvalue weighted by molar-refractivity contribution is -0.139.